The van der Waals surface area contributed by atoms with Crippen LogP contribution in [0.15, 0.2) is 5.16 Å². The van der Waals surface area contributed by atoms with E-state index < -0.39 is 0 Å². The van der Waals surface area contributed by atoms with E-state index in [-0.39, 0.29) is 11.3 Å². The molecule has 1 saturated heterocycles. The predicted octanol–water partition coefficient (Wildman–Crippen LogP) is 4.49. The maximum Gasteiger partial charge on any atom is 0.222 e. The molecule has 0 aromatic rings. The van der Waals surface area contributed by atoms with Crippen LogP contribution in [-0.2, 0) is 9.63 Å². The Morgan fingerprint density at radius 1 is 1.13 bits per heavy atom. The maximum absolute atomic E-state index is 12.2. The van der Waals surface area contributed by atoms with Gasteiger partial charge in [-0.2, -0.15) is 0 Å². The van der Waals surface area contributed by atoms with E-state index in [1.807, 2.05) is 11.8 Å². The lowest BCUT2D eigenvalue weighted by molar-refractivity contribution is -0.133. The highest BCUT2D eigenvalue weighted by atomic mass is 16.6. The number of nitrogens with zero attached hydrogens (tertiary/aromatic N) is 2. The molecular weight excluding hydrogens is 288 g/mol. The smallest absolute Gasteiger partial charge is 0.222 e. The number of piperidine rings is 1. The minimum Gasteiger partial charge on any atom is -0.396 e. The van der Waals surface area contributed by atoms with Crippen molar-refractivity contribution >= 4 is 11.6 Å². The van der Waals surface area contributed by atoms with E-state index in [9.17, 15) is 4.79 Å². The van der Waals surface area contributed by atoms with E-state index in [2.05, 4.69) is 46.7 Å². The second-order valence-corrected chi connectivity index (χ2v) is 8.88. The Bertz CT molecular complexity index is 408. The molecule has 0 saturated carbocycles. The highest BCUT2D eigenvalue weighted by molar-refractivity contribution is 5.86. The molecule has 0 bridgehead atoms. The molecule has 0 radical (unpaired) electrons. The third-order valence-electron chi connectivity index (χ3n) is 4.99. The van der Waals surface area contributed by atoms with Crippen LogP contribution in [0.2, 0.25) is 0 Å². The van der Waals surface area contributed by atoms with Crippen molar-refractivity contribution in [2.45, 2.75) is 74.1 Å². The third kappa shape index (κ3) is 6.92. The van der Waals surface area contributed by atoms with Crippen molar-refractivity contribution < 1.29 is 9.63 Å². The number of amides is 1. The predicted molar refractivity (Wildman–Crippen MR) is 96.5 cm³/mol. The second kappa shape index (κ2) is 8.16. The lowest BCUT2D eigenvalue weighted by Gasteiger charge is -2.38. The summed E-state index contributed by atoms with van der Waals surface area (Å²) in [5.41, 5.74) is 1.37. The molecule has 1 aliphatic heterocycles. The molecular formula is C19H36N2O2. The van der Waals surface area contributed by atoms with Gasteiger partial charge in [0, 0.05) is 24.9 Å². The minimum atomic E-state index is 0.0349. The van der Waals surface area contributed by atoms with Crippen LogP contribution >= 0.6 is 0 Å². The first-order chi connectivity index (χ1) is 10.5. The molecule has 0 unspecified atom stereocenters. The number of carbonyl (C=O) groups excluding carboxylic acids is 1. The van der Waals surface area contributed by atoms with Crippen molar-refractivity contribution in [3.05, 3.63) is 0 Å². The SMILES string of the molecule is C/C(=N\OCCCC(=O)N1CCC(C(C)(C)C)CC1)C(C)(C)C. The number of carbonyl (C=O) groups is 1. The molecule has 1 heterocycles. The lowest BCUT2D eigenvalue weighted by atomic mass is 9.75. The molecule has 23 heavy (non-hydrogen) atoms. The zero-order valence-electron chi connectivity index (χ0n) is 16.2. The van der Waals surface area contributed by atoms with Crippen LogP contribution in [0, 0.1) is 16.7 Å². The second-order valence-electron chi connectivity index (χ2n) is 8.88. The quantitative estimate of drug-likeness (QED) is 0.425. The van der Waals surface area contributed by atoms with Crippen molar-refractivity contribution in [1.82, 2.24) is 4.90 Å². The van der Waals surface area contributed by atoms with Crippen LogP contribution in [-0.4, -0.2) is 36.2 Å². The minimum absolute atomic E-state index is 0.0349. The normalized spacial score (nSPS) is 18.2. The van der Waals surface area contributed by atoms with Crippen LogP contribution < -0.4 is 0 Å². The summed E-state index contributed by atoms with van der Waals surface area (Å²) in [5, 5.41) is 4.13. The van der Waals surface area contributed by atoms with E-state index in [4.69, 9.17) is 4.84 Å². The van der Waals surface area contributed by atoms with Gasteiger partial charge in [-0.15, -0.1) is 0 Å². The van der Waals surface area contributed by atoms with Crippen LogP contribution in [0.25, 0.3) is 0 Å². The average molecular weight is 325 g/mol. The number of oxime groups is 1. The number of likely N-dealkylation sites (tertiary alicyclic amines) is 1. The Morgan fingerprint density at radius 2 is 1.70 bits per heavy atom. The van der Waals surface area contributed by atoms with E-state index >= 15 is 0 Å². The van der Waals surface area contributed by atoms with Gasteiger partial charge in [-0.1, -0.05) is 46.7 Å². The van der Waals surface area contributed by atoms with Crippen LogP contribution in [0.5, 0.6) is 0 Å². The van der Waals surface area contributed by atoms with E-state index in [0.29, 0.717) is 18.4 Å². The van der Waals surface area contributed by atoms with E-state index in [1.165, 1.54) is 0 Å². The van der Waals surface area contributed by atoms with Crippen molar-refractivity contribution in [1.29, 1.82) is 0 Å². The number of hydrogen-bond donors (Lipinski definition) is 0. The fraction of sp³-hybridized carbons (Fsp3) is 0.895. The van der Waals surface area contributed by atoms with Crippen molar-refractivity contribution in [3.8, 4) is 0 Å². The Labute approximate surface area is 142 Å². The van der Waals surface area contributed by atoms with Gasteiger partial charge in [-0.3, -0.25) is 4.79 Å². The molecule has 1 rings (SSSR count). The molecule has 0 aromatic heterocycles. The van der Waals surface area contributed by atoms with Gasteiger partial charge in [0.2, 0.25) is 5.91 Å². The lowest BCUT2D eigenvalue weighted by Crippen LogP contribution is -2.41. The molecule has 134 valence electrons. The highest BCUT2D eigenvalue weighted by Crippen LogP contribution is 2.34. The summed E-state index contributed by atoms with van der Waals surface area (Å²) in [6, 6.07) is 0. The first-order valence-corrected chi connectivity index (χ1v) is 8.96. The highest BCUT2D eigenvalue weighted by Gasteiger charge is 2.30. The third-order valence-corrected chi connectivity index (χ3v) is 4.99. The topological polar surface area (TPSA) is 41.9 Å². The first kappa shape index (κ1) is 20.0. The molecule has 1 aliphatic rings. The Kier molecular flexibility index (Phi) is 7.09. The van der Waals surface area contributed by atoms with Gasteiger partial charge >= 0.3 is 0 Å². The van der Waals surface area contributed by atoms with Gasteiger partial charge in [-0.05, 0) is 37.5 Å². The molecule has 0 aliphatic carbocycles. The average Bonchev–Trinajstić information content (AvgIpc) is 2.44. The number of hydrogen-bond acceptors (Lipinski definition) is 3. The van der Waals surface area contributed by atoms with E-state index in [0.717, 1.165) is 44.0 Å². The maximum atomic E-state index is 12.2. The molecule has 1 fully saturated rings. The summed E-state index contributed by atoms with van der Waals surface area (Å²) >= 11 is 0. The summed E-state index contributed by atoms with van der Waals surface area (Å²) in [7, 11) is 0. The number of rotatable bonds is 5. The van der Waals surface area contributed by atoms with Gasteiger partial charge < -0.3 is 9.74 Å². The Balaban J connectivity index is 2.24. The van der Waals surface area contributed by atoms with Gasteiger partial charge in [0.15, 0.2) is 0 Å². The fourth-order valence-electron chi connectivity index (χ4n) is 2.72. The van der Waals surface area contributed by atoms with Gasteiger partial charge in [0.05, 0.1) is 5.71 Å². The molecule has 0 atom stereocenters. The molecule has 0 aromatic carbocycles. The summed E-state index contributed by atoms with van der Waals surface area (Å²) < 4.78 is 0. The molecule has 4 heteroatoms. The summed E-state index contributed by atoms with van der Waals surface area (Å²) in [5.74, 6) is 0.988. The first-order valence-electron chi connectivity index (χ1n) is 8.96. The van der Waals surface area contributed by atoms with Crippen LogP contribution in [0.1, 0.15) is 74.1 Å². The van der Waals surface area contributed by atoms with Crippen LogP contribution in [0.3, 0.4) is 0 Å². The zero-order chi connectivity index (χ0) is 17.7. The monoisotopic (exact) mass is 324 g/mol. The van der Waals surface area contributed by atoms with Crippen molar-refractivity contribution in [2.24, 2.45) is 21.9 Å². The molecule has 0 spiro atoms. The molecule has 1 amide bonds. The molecule has 0 N–H and O–H groups in total. The summed E-state index contributed by atoms with van der Waals surface area (Å²) in [4.78, 5) is 19.6. The standard InChI is InChI=1S/C19H36N2O2/c1-15(18(2,3)4)20-23-14-8-9-17(22)21-12-10-16(11-13-21)19(5,6)7/h16H,8-14H2,1-7H3/b20-15+. The molecule has 4 nitrogen and oxygen atoms in total. The Morgan fingerprint density at radius 3 is 2.17 bits per heavy atom. The van der Waals surface area contributed by atoms with Crippen molar-refractivity contribution in [3.63, 3.8) is 0 Å². The summed E-state index contributed by atoms with van der Waals surface area (Å²) in [6.45, 7) is 17.5. The van der Waals surface area contributed by atoms with Gasteiger partial charge in [0.25, 0.3) is 0 Å². The zero-order valence-corrected chi connectivity index (χ0v) is 16.2. The fourth-order valence-corrected chi connectivity index (χ4v) is 2.72. The Hall–Kier alpha value is -1.06. The summed E-state index contributed by atoms with van der Waals surface area (Å²) in [6.07, 6.45) is 3.55. The van der Waals surface area contributed by atoms with E-state index in [1.54, 1.807) is 0 Å². The van der Waals surface area contributed by atoms with Crippen LogP contribution in [0.4, 0.5) is 0 Å². The van der Waals surface area contributed by atoms with Gasteiger partial charge in [-0.25, -0.2) is 0 Å². The van der Waals surface area contributed by atoms with Crippen molar-refractivity contribution in [2.75, 3.05) is 19.7 Å². The largest absolute Gasteiger partial charge is 0.396 e. The van der Waals surface area contributed by atoms with Gasteiger partial charge in [0.1, 0.15) is 6.61 Å².